The van der Waals surface area contributed by atoms with Crippen molar-refractivity contribution in [3.05, 3.63) is 22.3 Å². The summed E-state index contributed by atoms with van der Waals surface area (Å²) in [5.74, 6) is -0.388. The monoisotopic (exact) mass is 206 g/mol. The van der Waals surface area contributed by atoms with Gasteiger partial charge in [0.15, 0.2) is 11.6 Å². The van der Waals surface area contributed by atoms with Crippen molar-refractivity contribution in [1.82, 2.24) is 0 Å². The van der Waals surface area contributed by atoms with E-state index in [1.165, 1.54) is 6.92 Å². The second-order valence-corrected chi connectivity index (χ2v) is 3.89. The van der Waals surface area contributed by atoms with Gasteiger partial charge in [0.25, 0.3) is 0 Å². The maximum absolute atomic E-state index is 11.8. The van der Waals surface area contributed by atoms with Crippen LogP contribution in [0.25, 0.3) is 0 Å². The van der Waals surface area contributed by atoms with Crippen LogP contribution in [-0.4, -0.2) is 17.3 Å². The van der Waals surface area contributed by atoms with Crippen molar-refractivity contribution in [1.29, 1.82) is 0 Å². The maximum atomic E-state index is 11.8. The zero-order chi connectivity index (χ0) is 11.7. The zero-order valence-corrected chi connectivity index (χ0v) is 9.43. The van der Waals surface area contributed by atoms with Gasteiger partial charge in [-0.15, -0.1) is 0 Å². The lowest BCUT2D eigenvalue weighted by Gasteiger charge is -2.17. The first kappa shape index (κ1) is 11.6. The summed E-state index contributed by atoms with van der Waals surface area (Å²) in [6.45, 7) is 6.29. The largest absolute Gasteiger partial charge is 0.300 e. The number of carbonyl (C=O) groups excluding carboxylic acids is 3. The third-order valence-corrected chi connectivity index (χ3v) is 2.74. The average molecular weight is 206 g/mol. The molecule has 0 fully saturated rings. The predicted molar refractivity (Wildman–Crippen MR) is 56.4 cm³/mol. The molecule has 0 aromatic carbocycles. The van der Waals surface area contributed by atoms with Crippen LogP contribution in [0.1, 0.15) is 34.1 Å². The van der Waals surface area contributed by atoms with Gasteiger partial charge in [-0.2, -0.15) is 0 Å². The Kier molecular flexibility index (Phi) is 3.03. The SMILES string of the molecule is CC(=O)CC1=C(C)C(=O)C(C)=C(C)C1=O. The summed E-state index contributed by atoms with van der Waals surface area (Å²) in [5.41, 5.74) is 1.72. The van der Waals surface area contributed by atoms with Crippen LogP contribution in [0.5, 0.6) is 0 Å². The van der Waals surface area contributed by atoms with E-state index in [-0.39, 0.29) is 23.8 Å². The van der Waals surface area contributed by atoms with Gasteiger partial charge < -0.3 is 0 Å². The van der Waals surface area contributed by atoms with Gasteiger partial charge in [-0.1, -0.05) is 0 Å². The average Bonchev–Trinajstić information content (AvgIpc) is 2.18. The molecule has 0 spiro atoms. The Balaban J connectivity index is 3.22. The van der Waals surface area contributed by atoms with Gasteiger partial charge in [0.05, 0.1) is 0 Å². The third-order valence-electron chi connectivity index (χ3n) is 2.74. The molecule has 0 aliphatic heterocycles. The highest BCUT2D eigenvalue weighted by atomic mass is 16.1. The molecule has 0 heterocycles. The Morgan fingerprint density at radius 1 is 0.933 bits per heavy atom. The number of ketones is 3. The molecular weight excluding hydrogens is 192 g/mol. The van der Waals surface area contributed by atoms with E-state index in [2.05, 4.69) is 0 Å². The Hall–Kier alpha value is -1.51. The van der Waals surface area contributed by atoms with Gasteiger partial charge in [-0.25, -0.2) is 0 Å². The van der Waals surface area contributed by atoms with Gasteiger partial charge >= 0.3 is 0 Å². The fraction of sp³-hybridized carbons (Fsp3) is 0.417. The van der Waals surface area contributed by atoms with Crippen LogP contribution in [0.3, 0.4) is 0 Å². The second-order valence-electron chi connectivity index (χ2n) is 3.89. The van der Waals surface area contributed by atoms with E-state index in [1.807, 2.05) is 0 Å². The molecule has 0 N–H and O–H groups in total. The molecule has 0 amide bonds. The summed E-state index contributed by atoms with van der Waals surface area (Å²) >= 11 is 0. The molecule has 80 valence electrons. The minimum Gasteiger partial charge on any atom is -0.300 e. The van der Waals surface area contributed by atoms with Crippen molar-refractivity contribution < 1.29 is 14.4 Å². The normalized spacial score (nSPS) is 17.6. The fourth-order valence-electron chi connectivity index (χ4n) is 1.62. The maximum Gasteiger partial charge on any atom is 0.185 e. The van der Waals surface area contributed by atoms with Gasteiger partial charge in [0.1, 0.15) is 5.78 Å². The smallest absolute Gasteiger partial charge is 0.185 e. The highest BCUT2D eigenvalue weighted by Gasteiger charge is 2.27. The van der Waals surface area contributed by atoms with Crippen molar-refractivity contribution in [2.45, 2.75) is 34.1 Å². The first-order chi connectivity index (χ1) is 6.86. The summed E-state index contributed by atoms with van der Waals surface area (Å²) < 4.78 is 0. The van der Waals surface area contributed by atoms with Crippen LogP contribution < -0.4 is 0 Å². The van der Waals surface area contributed by atoms with E-state index < -0.39 is 0 Å². The van der Waals surface area contributed by atoms with E-state index in [0.717, 1.165) is 0 Å². The van der Waals surface area contributed by atoms with Gasteiger partial charge in [0.2, 0.25) is 0 Å². The molecule has 0 saturated carbocycles. The standard InChI is InChI=1S/C12H14O3/c1-6(13)5-10-9(4)11(14)7(2)8(3)12(10)15/h5H2,1-4H3. The van der Waals surface area contributed by atoms with Crippen LogP contribution in [0.4, 0.5) is 0 Å². The van der Waals surface area contributed by atoms with Crippen LogP contribution >= 0.6 is 0 Å². The van der Waals surface area contributed by atoms with Crippen LogP contribution in [0, 0.1) is 0 Å². The lowest BCUT2D eigenvalue weighted by Crippen LogP contribution is -2.21. The number of Topliss-reactive ketones (excluding diaryl/α,β-unsaturated/α-hetero) is 3. The number of carbonyl (C=O) groups is 3. The van der Waals surface area contributed by atoms with Crippen molar-refractivity contribution in [2.24, 2.45) is 0 Å². The molecule has 0 saturated heterocycles. The molecule has 0 unspecified atom stereocenters. The first-order valence-electron chi connectivity index (χ1n) is 4.82. The van der Waals surface area contributed by atoms with Crippen LogP contribution in [0.2, 0.25) is 0 Å². The van der Waals surface area contributed by atoms with Crippen molar-refractivity contribution in [3.63, 3.8) is 0 Å². The van der Waals surface area contributed by atoms with E-state index in [4.69, 9.17) is 0 Å². The molecule has 1 aliphatic rings. The highest BCUT2D eigenvalue weighted by Crippen LogP contribution is 2.25. The van der Waals surface area contributed by atoms with Crippen LogP contribution in [-0.2, 0) is 14.4 Å². The number of hydrogen-bond donors (Lipinski definition) is 0. The zero-order valence-electron chi connectivity index (χ0n) is 9.43. The van der Waals surface area contributed by atoms with E-state index in [0.29, 0.717) is 22.3 Å². The Morgan fingerprint density at radius 2 is 1.40 bits per heavy atom. The molecule has 0 radical (unpaired) electrons. The molecule has 3 nitrogen and oxygen atoms in total. The van der Waals surface area contributed by atoms with Gasteiger partial charge in [-0.05, 0) is 27.7 Å². The lowest BCUT2D eigenvalue weighted by atomic mass is 9.84. The third kappa shape index (κ3) is 1.96. The minimum absolute atomic E-state index is 0.0566. The molecular formula is C12H14O3. The first-order valence-corrected chi connectivity index (χ1v) is 4.82. The summed E-state index contributed by atoms with van der Waals surface area (Å²) in [4.78, 5) is 34.5. The molecule has 0 atom stereocenters. The lowest BCUT2D eigenvalue weighted by molar-refractivity contribution is -0.119. The quantitative estimate of drug-likeness (QED) is 0.647. The summed E-state index contributed by atoms with van der Waals surface area (Å²) in [7, 11) is 0. The van der Waals surface area contributed by atoms with Crippen molar-refractivity contribution in [2.75, 3.05) is 0 Å². The summed E-state index contributed by atoms with van der Waals surface area (Å²) in [5, 5.41) is 0. The topological polar surface area (TPSA) is 51.2 Å². The molecule has 3 heteroatoms. The Morgan fingerprint density at radius 3 is 1.87 bits per heavy atom. The Labute approximate surface area is 88.9 Å². The number of allylic oxidation sites excluding steroid dienone is 4. The summed E-state index contributed by atoms with van der Waals surface area (Å²) in [6, 6.07) is 0. The van der Waals surface area contributed by atoms with Crippen molar-refractivity contribution >= 4 is 17.3 Å². The van der Waals surface area contributed by atoms with E-state index in [1.54, 1.807) is 20.8 Å². The molecule has 0 aromatic rings. The number of hydrogen-bond acceptors (Lipinski definition) is 3. The van der Waals surface area contributed by atoms with Gasteiger partial charge in [0, 0.05) is 28.7 Å². The van der Waals surface area contributed by atoms with E-state index >= 15 is 0 Å². The fourth-order valence-corrected chi connectivity index (χ4v) is 1.62. The highest BCUT2D eigenvalue weighted by molar-refractivity contribution is 6.25. The predicted octanol–water partition coefficient (Wildman–Crippen LogP) is 1.77. The van der Waals surface area contributed by atoms with E-state index in [9.17, 15) is 14.4 Å². The molecule has 0 aromatic heterocycles. The second kappa shape index (κ2) is 3.93. The van der Waals surface area contributed by atoms with Crippen LogP contribution in [0.15, 0.2) is 22.3 Å². The molecule has 1 rings (SSSR count). The molecule has 15 heavy (non-hydrogen) atoms. The Bertz CT molecular complexity index is 422. The summed E-state index contributed by atoms with van der Waals surface area (Å²) in [6.07, 6.45) is 0.0566. The molecule has 0 bridgehead atoms. The molecule has 1 aliphatic carbocycles. The minimum atomic E-state index is -0.167. The number of rotatable bonds is 2. The van der Waals surface area contributed by atoms with Crippen molar-refractivity contribution in [3.8, 4) is 0 Å². The van der Waals surface area contributed by atoms with Gasteiger partial charge in [-0.3, -0.25) is 14.4 Å².